The van der Waals surface area contributed by atoms with Crippen molar-refractivity contribution in [1.29, 1.82) is 0 Å². The van der Waals surface area contributed by atoms with Crippen molar-refractivity contribution >= 4 is 54.6 Å². The Morgan fingerprint density at radius 1 is 0.697 bits per heavy atom. The van der Waals surface area contributed by atoms with Crippen LogP contribution in [-0.4, -0.2) is 4.57 Å². The number of hydrogen-bond acceptors (Lipinski definition) is 0. The number of hydrogen-bond donors (Lipinski definition) is 0. The van der Waals surface area contributed by atoms with E-state index in [1.807, 2.05) is 6.07 Å². The van der Waals surface area contributed by atoms with Gasteiger partial charge in [-0.05, 0) is 59.5 Å². The van der Waals surface area contributed by atoms with Gasteiger partial charge in [0.25, 0.3) is 0 Å². The molecule has 0 N–H and O–H groups in total. The maximum Gasteiger partial charge on any atom is 0.0541 e. The van der Waals surface area contributed by atoms with Crippen LogP contribution in [0.15, 0.2) is 126 Å². The van der Waals surface area contributed by atoms with E-state index in [0.29, 0.717) is 0 Å². The summed E-state index contributed by atoms with van der Waals surface area (Å²) in [6.07, 6.45) is 4.44. The fourth-order valence-corrected chi connectivity index (χ4v) is 4.72. The number of fused-ring (bicyclic) bond motifs is 3. The molecule has 0 unspecified atom stereocenters. The van der Waals surface area contributed by atoms with Crippen molar-refractivity contribution in [3.8, 4) is 0 Å². The predicted octanol–water partition coefficient (Wildman–Crippen LogP) is 9.21. The van der Waals surface area contributed by atoms with Gasteiger partial charge < -0.3 is 4.57 Å². The quantitative estimate of drug-likeness (QED) is 0.217. The van der Waals surface area contributed by atoms with Crippen LogP contribution in [0, 0.1) is 0 Å². The lowest BCUT2D eigenvalue weighted by molar-refractivity contribution is 1.24. The maximum atomic E-state index is 4.51. The van der Waals surface area contributed by atoms with Crippen LogP contribution in [0.5, 0.6) is 0 Å². The molecule has 0 saturated carbocycles. The van der Waals surface area contributed by atoms with Crippen molar-refractivity contribution in [3.63, 3.8) is 0 Å². The standard InChI is InChI=1S/C31H24BrN/c1-22(24-11-5-3-6-12-24)19-26(25-13-7-4-8-14-25)20-23(2)33-30-16-10-9-15-28(30)29-21-27(32)17-18-31(29)33/h3-21H,2H2,1H3/b22-19+,26-20+. The predicted molar refractivity (Wildman–Crippen MR) is 147 cm³/mol. The second kappa shape index (κ2) is 9.09. The molecule has 0 bridgehead atoms. The Bertz CT molecular complexity index is 1520. The number of para-hydroxylation sites is 1. The zero-order chi connectivity index (χ0) is 22.8. The molecule has 0 fully saturated rings. The third-order valence-corrected chi connectivity index (χ3v) is 6.45. The van der Waals surface area contributed by atoms with Crippen LogP contribution in [0.3, 0.4) is 0 Å². The van der Waals surface area contributed by atoms with E-state index in [2.05, 4.69) is 143 Å². The minimum absolute atomic E-state index is 0.930. The minimum Gasteiger partial charge on any atom is -0.310 e. The number of rotatable bonds is 5. The Hall–Kier alpha value is -3.62. The molecule has 4 aromatic carbocycles. The summed E-state index contributed by atoms with van der Waals surface area (Å²) in [6.45, 7) is 6.67. The SMILES string of the molecule is C=C(/C=C(\C=C(/C)c1ccccc1)c1ccccc1)n1c2ccccc2c2cc(Br)ccc21. The van der Waals surface area contributed by atoms with Crippen molar-refractivity contribution in [2.75, 3.05) is 0 Å². The lowest BCUT2D eigenvalue weighted by Gasteiger charge is -2.11. The highest BCUT2D eigenvalue weighted by Gasteiger charge is 2.12. The molecule has 0 aliphatic heterocycles. The summed E-state index contributed by atoms with van der Waals surface area (Å²) in [5, 5.41) is 2.44. The fraction of sp³-hybridized carbons (Fsp3) is 0.0323. The van der Waals surface area contributed by atoms with Gasteiger partial charge in [0.1, 0.15) is 0 Å². The van der Waals surface area contributed by atoms with Crippen LogP contribution in [0.4, 0.5) is 0 Å². The molecule has 1 heterocycles. The summed E-state index contributed by atoms with van der Waals surface area (Å²) in [5.74, 6) is 0. The van der Waals surface area contributed by atoms with Crippen LogP contribution in [0.25, 0.3) is 38.6 Å². The van der Waals surface area contributed by atoms with Gasteiger partial charge in [-0.2, -0.15) is 0 Å². The highest BCUT2D eigenvalue weighted by Crippen LogP contribution is 2.34. The van der Waals surface area contributed by atoms with E-state index in [0.717, 1.165) is 32.3 Å². The molecule has 0 amide bonds. The van der Waals surface area contributed by atoms with Gasteiger partial charge in [0.15, 0.2) is 0 Å². The number of benzene rings is 4. The Morgan fingerprint density at radius 3 is 2.03 bits per heavy atom. The van der Waals surface area contributed by atoms with Crippen molar-refractivity contribution in [3.05, 3.63) is 137 Å². The van der Waals surface area contributed by atoms with Crippen molar-refractivity contribution < 1.29 is 0 Å². The first-order chi connectivity index (χ1) is 16.1. The van der Waals surface area contributed by atoms with Gasteiger partial charge in [-0.3, -0.25) is 0 Å². The molecule has 0 radical (unpaired) electrons. The molecular formula is C31H24BrN. The van der Waals surface area contributed by atoms with Gasteiger partial charge in [-0.25, -0.2) is 0 Å². The maximum absolute atomic E-state index is 4.51. The van der Waals surface area contributed by atoms with Crippen LogP contribution in [-0.2, 0) is 0 Å². The Morgan fingerprint density at radius 2 is 1.30 bits per heavy atom. The van der Waals surface area contributed by atoms with E-state index in [1.165, 1.54) is 21.9 Å². The molecule has 0 spiro atoms. The second-order valence-electron chi connectivity index (χ2n) is 8.16. The molecule has 1 aromatic heterocycles. The highest BCUT2D eigenvalue weighted by atomic mass is 79.9. The van der Waals surface area contributed by atoms with Gasteiger partial charge in [0.05, 0.1) is 11.0 Å². The molecule has 1 nitrogen and oxygen atoms in total. The zero-order valence-electron chi connectivity index (χ0n) is 18.5. The lowest BCUT2D eigenvalue weighted by atomic mass is 9.99. The summed E-state index contributed by atoms with van der Waals surface area (Å²) in [4.78, 5) is 0. The van der Waals surface area contributed by atoms with Crippen molar-refractivity contribution in [1.82, 2.24) is 4.57 Å². The van der Waals surface area contributed by atoms with E-state index in [1.54, 1.807) is 0 Å². The zero-order valence-corrected chi connectivity index (χ0v) is 20.1. The van der Waals surface area contributed by atoms with E-state index in [9.17, 15) is 0 Å². The van der Waals surface area contributed by atoms with Crippen LogP contribution >= 0.6 is 15.9 Å². The van der Waals surface area contributed by atoms with Crippen LogP contribution in [0.2, 0.25) is 0 Å². The fourth-order valence-electron chi connectivity index (χ4n) is 4.36. The number of allylic oxidation sites excluding steroid dienone is 5. The molecule has 0 aliphatic rings. The van der Waals surface area contributed by atoms with Gasteiger partial charge in [0, 0.05) is 20.9 Å². The molecule has 0 aliphatic carbocycles. The Labute approximate surface area is 203 Å². The summed E-state index contributed by atoms with van der Waals surface area (Å²) < 4.78 is 3.33. The average Bonchev–Trinajstić information content (AvgIpc) is 3.18. The minimum atomic E-state index is 0.930. The first-order valence-electron chi connectivity index (χ1n) is 11.0. The molecule has 33 heavy (non-hydrogen) atoms. The summed E-state index contributed by atoms with van der Waals surface area (Å²) in [7, 11) is 0. The van der Waals surface area contributed by atoms with Gasteiger partial charge in [-0.1, -0.05) is 107 Å². The van der Waals surface area contributed by atoms with E-state index >= 15 is 0 Å². The smallest absolute Gasteiger partial charge is 0.0541 e. The normalized spacial score (nSPS) is 12.4. The van der Waals surface area contributed by atoms with Crippen molar-refractivity contribution in [2.24, 2.45) is 0 Å². The largest absolute Gasteiger partial charge is 0.310 e. The molecule has 2 heteroatoms. The Kier molecular flexibility index (Phi) is 5.85. The third-order valence-electron chi connectivity index (χ3n) is 5.95. The topological polar surface area (TPSA) is 4.93 Å². The third kappa shape index (κ3) is 4.22. The number of nitrogens with zero attached hydrogens (tertiary/aromatic N) is 1. The first kappa shape index (κ1) is 21.2. The van der Waals surface area contributed by atoms with Crippen LogP contribution < -0.4 is 0 Å². The van der Waals surface area contributed by atoms with Crippen molar-refractivity contribution in [2.45, 2.75) is 6.92 Å². The lowest BCUT2D eigenvalue weighted by Crippen LogP contribution is -1.94. The molecule has 0 saturated heterocycles. The molecule has 0 atom stereocenters. The second-order valence-corrected chi connectivity index (χ2v) is 9.08. The average molecular weight is 490 g/mol. The number of halogens is 1. The summed E-state index contributed by atoms with van der Waals surface area (Å²) in [6, 6.07) is 35.9. The van der Waals surface area contributed by atoms with E-state index in [-0.39, 0.29) is 0 Å². The summed E-state index contributed by atoms with van der Waals surface area (Å²) in [5.41, 5.74) is 7.96. The Balaban J connectivity index is 1.69. The molecule has 160 valence electrons. The van der Waals surface area contributed by atoms with E-state index < -0.39 is 0 Å². The van der Waals surface area contributed by atoms with E-state index in [4.69, 9.17) is 0 Å². The molecule has 5 rings (SSSR count). The molecular weight excluding hydrogens is 466 g/mol. The highest BCUT2D eigenvalue weighted by molar-refractivity contribution is 9.10. The van der Waals surface area contributed by atoms with Gasteiger partial charge in [-0.15, -0.1) is 0 Å². The number of aromatic nitrogens is 1. The van der Waals surface area contributed by atoms with Crippen LogP contribution in [0.1, 0.15) is 18.1 Å². The van der Waals surface area contributed by atoms with Gasteiger partial charge in [0.2, 0.25) is 0 Å². The summed E-state index contributed by atoms with van der Waals surface area (Å²) >= 11 is 3.63. The monoisotopic (exact) mass is 489 g/mol. The first-order valence-corrected chi connectivity index (χ1v) is 11.8. The molecule has 5 aromatic rings. The van der Waals surface area contributed by atoms with Gasteiger partial charge >= 0.3 is 0 Å².